The fraction of sp³-hybridized carbons (Fsp3) is 0.133. The van der Waals surface area contributed by atoms with Gasteiger partial charge in [-0.25, -0.2) is 9.78 Å². The third-order valence-corrected chi connectivity index (χ3v) is 5.85. The lowest BCUT2D eigenvalue weighted by Crippen LogP contribution is -2.42. The average Bonchev–Trinajstić information content (AvgIpc) is 3.10. The van der Waals surface area contributed by atoms with Crippen LogP contribution in [0.5, 0.6) is 0 Å². The fourth-order valence-corrected chi connectivity index (χ4v) is 4.41. The zero-order valence-corrected chi connectivity index (χ0v) is 12.9. The number of carbonyl (C=O) groups is 2. The standard InChI is InChI=1S/C15H10N2O3S2/c18-12-5-6-17(12)13-4-3-10(21-13)14-16-9-2-1-8(15(19)20)7-11(9)22-14/h1-4,7H,5-6H2,(H,19,20). The van der Waals surface area contributed by atoms with Gasteiger partial charge in [-0.3, -0.25) is 4.79 Å². The van der Waals surface area contributed by atoms with Gasteiger partial charge in [0, 0.05) is 13.0 Å². The first-order valence-electron chi connectivity index (χ1n) is 6.66. The Kier molecular flexibility index (Phi) is 2.98. The van der Waals surface area contributed by atoms with E-state index in [-0.39, 0.29) is 11.5 Å². The molecule has 1 aliphatic rings. The van der Waals surface area contributed by atoms with Gasteiger partial charge in [0.25, 0.3) is 0 Å². The summed E-state index contributed by atoms with van der Waals surface area (Å²) in [6, 6.07) is 8.83. The lowest BCUT2D eigenvalue weighted by Gasteiger charge is -2.28. The van der Waals surface area contributed by atoms with Crippen molar-refractivity contribution in [2.75, 3.05) is 11.4 Å². The number of anilines is 1. The molecule has 3 aromatic rings. The second-order valence-electron chi connectivity index (χ2n) is 4.94. The highest BCUT2D eigenvalue weighted by Crippen LogP contribution is 2.39. The van der Waals surface area contributed by atoms with Gasteiger partial charge >= 0.3 is 5.97 Å². The van der Waals surface area contributed by atoms with Crippen molar-refractivity contribution in [3.63, 3.8) is 0 Å². The Hall–Kier alpha value is -2.25. The van der Waals surface area contributed by atoms with Crippen LogP contribution in [0.15, 0.2) is 30.3 Å². The highest BCUT2D eigenvalue weighted by Gasteiger charge is 2.26. The quantitative estimate of drug-likeness (QED) is 0.747. The highest BCUT2D eigenvalue weighted by atomic mass is 32.1. The summed E-state index contributed by atoms with van der Waals surface area (Å²) in [5.74, 6) is -0.782. The number of aromatic nitrogens is 1. The average molecular weight is 330 g/mol. The maximum Gasteiger partial charge on any atom is 0.335 e. The molecule has 110 valence electrons. The second kappa shape index (κ2) is 4.89. The van der Waals surface area contributed by atoms with Crippen LogP contribution < -0.4 is 4.90 Å². The molecule has 0 atom stereocenters. The Morgan fingerprint density at radius 1 is 1.23 bits per heavy atom. The summed E-state index contributed by atoms with van der Waals surface area (Å²) < 4.78 is 0.852. The Bertz CT molecular complexity index is 913. The molecule has 1 amide bonds. The largest absolute Gasteiger partial charge is 0.478 e. The van der Waals surface area contributed by atoms with Gasteiger partial charge in [0.2, 0.25) is 5.91 Å². The van der Waals surface area contributed by atoms with Crippen LogP contribution in [0.3, 0.4) is 0 Å². The molecule has 0 saturated carbocycles. The van der Waals surface area contributed by atoms with E-state index in [0.717, 1.165) is 31.6 Å². The number of rotatable bonds is 3. The molecule has 0 spiro atoms. The van der Waals surface area contributed by atoms with E-state index in [1.165, 1.54) is 22.7 Å². The smallest absolute Gasteiger partial charge is 0.335 e. The summed E-state index contributed by atoms with van der Waals surface area (Å²) >= 11 is 3.00. The third kappa shape index (κ3) is 2.10. The lowest BCUT2D eigenvalue weighted by atomic mass is 10.2. The van der Waals surface area contributed by atoms with Gasteiger partial charge in [-0.2, -0.15) is 0 Å². The van der Waals surface area contributed by atoms with Crippen LogP contribution in [0.4, 0.5) is 5.00 Å². The number of carbonyl (C=O) groups excluding carboxylic acids is 1. The van der Waals surface area contributed by atoms with Gasteiger partial charge in [-0.15, -0.1) is 22.7 Å². The van der Waals surface area contributed by atoms with Gasteiger partial charge < -0.3 is 10.0 Å². The number of hydrogen-bond donors (Lipinski definition) is 1. The summed E-state index contributed by atoms with van der Waals surface area (Å²) in [5.41, 5.74) is 1.06. The van der Waals surface area contributed by atoms with Crippen LogP contribution in [0, 0.1) is 0 Å². The van der Waals surface area contributed by atoms with Crippen molar-refractivity contribution < 1.29 is 14.7 Å². The maximum atomic E-state index is 11.5. The number of carboxylic acids is 1. The van der Waals surface area contributed by atoms with Crippen molar-refractivity contribution in [2.45, 2.75) is 6.42 Å². The zero-order chi connectivity index (χ0) is 15.3. The molecule has 0 bridgehead atoms. The van der Waals surface area contributed by atoms with Gasteiger partial charge in [-0.1, -0.05) is 0 Å². The van der Waals surface area contributed by atoms with E-state index in [2.05, 4.69) is 4.98 Å². The minimum absolute atomic E-state index is 0.156. The van der Waals surface area contributed by atoms with Gasteiger partial charge in [-0.05, 0) is 30.3 Å². The molecule has 2 aromatic heterocycles. The molecular weight excluding hydrogens is 320 g/mol. The van der Waals surface area contributed by atoms with E-state index in [1.54, 1.807) is 23.1 Å². The molecule has 0 aliphatic carbocycles. The minimum atomic E-state index is -0.938. The Balaban J connectivity index is 1.71. The number of hydrogen-bond acceptors (Lipinski definition) is 5. The van der Waals surface area contributed by atoms with E-state index in [9.17, 15) is 9.59 Å². The van der Waals surface area contributed by atoms with Crippen LogP contribution >= 0.6 is 22.7 Å². The van der Waals surface area contributed by atoms with E-state index >= 15 is 0 Å². The van der Waals surface area contributed by atoms with E-state index in [4.69, 9.17) is 5.11 Å². The van der Waals surface area contributed by atoms with Crippen molar-refractivity contribution >= 4 is 49.8 Å². The molecule has 1 aliphatic heterocycles. The number of β-lactam (4-membered cyclic amide) rings is 1. The molecule has 3 heterocycles. The van der Waals surface area contributed by atoms with E-state index in [0.29, 0.717) is 6.42 Å². The fourth-order valence-electron chi connectivity index (χ4n) is 2.30. The van der Waals surface area contributed by atoms with E-state index < -0.39 is 5.97 Å². The molecule has 5 nitrogen and oxygen atoms in total. The van der Waals surface area contributed by atoms with Gasteiger partial charge in [0.1, 0.15) is 5.01 Å². The van der Waals surface area contributed by atoms with Crippen molar-refractivity contribution in [2.24, 2.45) is 0 Å². The molecule has 1 saturated heterocycles. The molecule has 0 unspecified atom stereocenters. The number of benzene rings is 1. The molecule has 1 aromatic carbocycles. The van der Waals surface area contributed by atoms with Crippen LogP contribution in [0.1, 0.15) is 16.8 Å². The van der Waals surface area contributed by atoms with Crippen LogP contribution in [-0.4, -0.2) is 28.5 Å². The third-order valence-electron chi connectivity index (χ3n) is 3.55. The van der Waals surface area contributed by atoms with Crippen molar-refractivity contribution in [1.82, 2.24) is 4.98 Å². The normalized spacial score (nSPS) is 14.4. The first-order chi connectivity index (χ1) is 10.6. The molecule has 22 heavy (non-hydrogen) atoms. The Labute approximate surface area is 133 Å². The van der Waals surface area contributed by atoms with Gasteiger partial charge in [0.05, 0.1) is 25.7 Å². The first kappa shape index (κ1) is 13.4. The van der Waals surface area contributed by atoms with Crippen LogP contribution in [-0.2, 0) is 4.79 Å². The minimum Gasteiger partial charge on any atom is -0.478 e. The number of fused-ring (bicyclic) bond motifs is 1. The predicted octanol–water partition coefficient (Wildman–Crippen LogP) is 3.46. The van der Waals surface area contributed by atoms with Crippen molar-refractivity contribution in [3.05, 3.63) is 35.9 Å². The number of carboxylic acid groups (broad SMARTS) is 1. The molecule has 4 rings (SSSR count). The summed E-state index contributed by atoms with van der Waals surface area (Å²) in [6.07, 6.45) is 0.617. The first-order valence-corrected chi connectivity index (χ1v) is 8.29. The number of aromatic carboxylic acids is 1. The monoisotopic (exact) mass is 330 g/mol. The van der Waals surface area contributed by atoms with E-state index in [1.807, 2.05) is 12.1 Å². The lowest BCUT2D eigenvalue weighted by molar-refractivity contribution is -0.122. The Morgan fingerprint density at radius 2 is 2.09 bits per heavy atom. The molecule has 0 radical (unpaired) electrons. The predicted molar refractivity (Wildman–Crippen MR) is 86.9 cm³/mol. The summed E-state index contributed by atoms with van der Waals surface area (Å²) in [7, 11) is 0. The second-order valence-corrected chi connectivity index (χ2v) is 7.03. The summed E-state index contributed by atoms with van der Waals surface area (Å²) in [5, 5.41) is 10.8. The topological polar surface area (TPSA) is 70.5 Å². The number of amides is 1. The SMILES string of the molecule is O=C(O)c1ccc2nc(-c3ccc(N4CCC4=O)s3)sc2c1. The van der Waals surface area contributed by atoms with Crippen LogP contribution in [0.25, 0.3) is 20.1 Å². The molecule has 7 heteroatoms. The molecule has 1 fully saturated rings. The number of thiophene rings is 1. The molecular formula is C15H10N2O3S2. The summed E-state index contributed by atoms with van der Waals surface area (Å²) in [6.45, 7) is 0.778. The maximum absolute atomic E-state index is 11.5. The molecule has 1 N–H and O–H groups in total. The van der Waals surface area contributed by atoms with Crippen molar-refractivity contribution in [3.8, 4) is 9.88 Å². The Morgan fingerprint density at radius 3 is 2.77 bits per heavy atom. The van der Waals surface area contributed by atoms with Gasteiger partial charge in [0.15, 0.2) is 0 Å². The number of nitrogens with zero attached hydrogens (tertiary/aromatic N) is 2. The van der Waals surface area contributed by atoms with Crippen molar-refractivity contribution in [1.29, 1.82) is 0 Å². The highest BCUT2D eigenvalue weighted by molar-refractivity contribution is 7.26. The summed E-state index contributed by atoms with van der Waals surface area (Å²) in [4.78, 5) is 29.8. The zero-order valence-electron chi connectivity index (χ0n) is 11.3. The number of thiazole rings is 1. The van der Waals surface area contributed by atoms with Crippen LogP contribution in [0.2, 0.25) is 0 Å².